The molecule has 0 radical (unpaired) electrons. The SMILES string of the molecule is CCN(CCCNC1CCCCC1O)S(C)(=O)=O. The van der Waals surface area contributed by atoms with Gasteiger partial charge in [-0.25, -0.2) is 12.7 Å². The van der Waals surface area contributed by atoms with Crippen LogP contribution in [0.3, 0.4) is 0 Å². The Morgan fingerprint density at radius 1 is 1.33 bits per heavy atom. The molecule has 0 aliphatic heterocycles. The number of sulfonamides is 1. The van der Waals surface area contributed by atoms with Crippen molar-refractivity contribution >= 4 is 10.0 Å². The monoisotopic (exact) mass is 278 g/mol. The zero-order valence-corrected chi connectivity index (χ0v) is 12.2. The number of nitrogens with one attached hydrogen (secondary N) is 1. The third kappa shape index (κ3) is 5.22. The number of hydrogen-bond acceptors (Lipinski definition) is 4. The van der Waals surface area contributed by atoms with Crippen LogP contribution in [0.25, 0.3) is 0 Å². The van der Waals surface area contributed by atoms with E-state index in [9.17, 15) is 13.5 Å². The Hall–Kier alpha value is -0.170. The van der Waals surface area contributed by atoms with E-state index in [-0.39, 0.29) is 12.1 Å². The molecule has 6 heteroatoms. The van der Waals surface area contributed by atoms with E-state index in [4.69, 9.17) is 0 Å². The van der Waals surface area contributed by atoms with Crippen LogP contribution in [0.2, 0.25) is 0 Å². The maximum Gasteiger partial charge on any atom is 0.211 e. The van der Waals surface area contributed by atoms with Crippen molar-refractivity contribution in [3.63, 3.8) is 0 Å². The highest BCUT2D eigenvalue weighted by Gasteiger charge is 2.22. The van der Waals surface area contributed by atoms with E-state index in [2.05, 4.69) is 5.32 Å². The maximum atomic E-state index is 11.4. The molecule has 0 bridgehead atoms. The average Bonchev–Trinajstić information content (AvgIpc) is 2.29. The van der Waals surface area contributed by atoms with Crippen LogP contribution in [0.15, 0.2) is 0 Å². The van der Waals surface area contributed by atoms with Gasteiger partial charge in [0.15, 0.2) is 0 Å². The standard InChI is InChI=1S/C12H26N2O3S/c1-3-14(18(2,16)17)10-6-9-13-11-7-4-5-8-12(11)15/h11-13,15H,3-10H2,1-2H3. The minimum absolute atomic E-state index is 0.187. The summed E-state index contributed by atoms with van der Waals surface area (Å²) in [6.07, 6.45) is 5.96. The van der Waals surface area contributed by atoms with E-state index >= 15 is 0 Å². The van der Waals surface area contributed by atoms with Gasteiger partial charge in [0.1, 0.15) is 0 Å². The predicted octanol–water partition coefficient (Wildman–Crippen LogP) is 0.551. The van der Waals surface area contributed by atoms with Crippen LogP contribution in [-0.2, 0) is 10.0 Å². The summed E-state index contributed by atoms with van der Waals surface area (Å²) in [6, 6.07) is 0.187. The molecule has 0 aromatic heterocycles. The molecule has 1 rings (SSSR count). The summed E-state index contributed by atoms with van der Waals surface area (Å²) in [6.45, 7) is 3.67. The smallest absolute Gasteiger partial charge is 0.211 e. The Balaban J connectivity index is 2.21. The first-order valence-electron chi connectivity index (χ1n) is 6.81. The molecule has 1 aliphatic rings. The summed E-state index contributed by atoms with van der Waals surface area (Å²) in [5.74, 6) is 0. The van der Waals surface area contributed by atoms with E-state index in [0.717, 1.165) is 32.2 Å². The van der Waals surface area contributed by atoms with Crippen molar-refractivity contribution in [1.29, 1.82) is 0 Å². The lowest BCUT2D eigenvalue weighted by Gasteiger charge is -2.28. The Morgan fingerprint density at radius 2 is 2.00 bits per heavy atom. The molecule has 2 atom stereocenters. The van der Waals surface area contributed by atoms with Gasteiger partial charge >= 0.3 is 0 Å². The largest absolute Gasteiger partial charge is 0.392 e. The van der Waals surface area contributed by atoms with Crippen molar-refractivity contribution in [2.45, 2.75) is 51.2 Å². The van der Waals surface area contributed by atoms with Crippen molar-refractivity contribution in [3.05, 3.63) is 0 Å². The van der Waals surface area contributed by atoms with E-state index in [1.54, 1.807) is 0 Å². The molecule has 1 fully saturated rings. The number of hydrogen-bond donors (Lipinski definition) is 2. The highest BCUT2D eigenvalue weighted by atomic mass is 32.2. The fraction of sp³-hybridized carbons (Fsp3) is 1.00. The molecule has 0 aromatic carbocycles. The molecule has 0 aromatic rings. The van der Waals surface area contributed by atoms with E-state index < -0.39 is 10.0 Å². The molecule has 2 N–H and O–H groups in total. The molecular formula is C12H26N2O3S. The lowest BCUT2D eigenvalue weighted by atomic mass is 9.92. The van der Waals surface area contributed by atoms with Crippen LogP contribution in [0.1, 0.15) is 39.0 Å². The third-order valence-corrected chi connectivity index (χ3v) is 4.92. The first kappa shape index (κ1) is 15.9. The highest BCUT2D eigenvalue weighted by molar-refractivity contribution is 7.88. The van der Waals surface area contributed by atoms with Crippen LogP contribution < -0.4 is 5.32 Å². The van der Waals surface area contributed by atoms with Gasteiger partial charge in [-0.2, -0.15) is 0 Å². The number of rotatable bonds is 7. The summed E-state index contributed by atoms with van der Waals surface area (Å²) in [5, 5.41) is 13.1. The van der Waals surface area contributed by atoms with Gasteiger partial charge < -0.3 is 10.4 Å². The second-order valence-corrected chi connectivity index (χ2v) is 7.00. The lowest BCUT2D eigenvalue weighted by Crippen LogP contribution is -2.43. The lowest BCUT2D eigenvalue weighted by molar-refractivity contribution is 0.0908. The number of aliphatic hydroxyl groups is 1. The third-order valence-electron chi connectivity index (χ3n) is 3.54. The van der Waals surface area contributed by atoms with Crippen molar-refractivity contribution in [1.82, 2.24) is 9.62 Å². The van der Waals surface area contributed by atoms with Gasteiger partial charge in [-0.05, 0) is 25.8 Å². The summed E-state index contributed by atoms with van der Waals surface area (Å²) >= 11 is 0. The quantitative estimate of drug-likeness (QED) is 0.667. The molecule has 0 saturated heterocycles. The van der Waals surface area contributed by atoms with Crippen LogP contribution in [-0.4, -0.2) is 55.9 Å². The predicted molar refractivity (Wildman–Crippen MR) is 73.0 cm³/mol. The minimum Gasteiger partial charge on any atom is -0.392 e. The highest BCUT2D eigenvalue weighted by Crippen LogP contribution is 2.18. The van der Waals surface area contributed by atoms with Gasteiger partial charge in [0.2, 0.25) is 10.0 Å². The molecule has 0 heterocycles. The van der Waals surface area contributed by atoms with E-state index in [1.165, 1.54) is 17.0 Å². The first-order valence-corrected chi connectivity index (χ1v) is 8.66. The number of nitrogens with zero attached hydrogens (tertiary/aromatic N) is 1. The van der Waals surface area contributed by atoms with Gasteiger partial charge in [-0.1, -0.05) is 19.8 Å². The fourth-order valence-electron chi connectivity index (χ4n) is 2.45. The van der Waals surface area contributed by atoms with Gasteiger partial charge in [-0.15, -0.1) is 0 Å². The normalized spacial score (nSPS) is 25.6. The Kier molecular flexibility index (Phi) is 6.55. The number of aliphatic hydroxyl groups excluding tert-OH is 1. The molecule has 1 saturated carbocycles. The van der Waals surface area contributed by atoms with Gasteiger partial charge in [0.05, 0.1) is 12.4 Å². The van der Waals surface area contributed by atoms with Crippen LogP contribution in [0.5, 0.6) is 0 Å². The summed E-state index contributed by atoms with van der Waals surface area (Å²) in [5.41, 5.74) is 0. The molecule has 0 spiro atoms. The summed E-state index contributed by atoms with van der Waals surface area (Å²) < 4.78 is 24.2. The van der Waals surface area contributed by atoms with Crippen LogP contribution >= 0.6 is 0 Å². The molecule has 2 unspecified atom stereocenters. The summed E-state index contributed by atoms with van der Waals surface area (Å²) in [7, 11) is -3.07. The van der Waals surface area contributed by atoms with Gasteiger partial charge in [-0.3, -0.25) is 0 Å². The zero-order valence-electron chi connectivity index (χ0n) is 11.4. The Labute approximate surface area is 111 Å². The first-order chi connectivity index (χ1) is 8.45. The minimum atomic E-state index is -3.07. The van der Waals surface area contributed by atoms with Crippen molar-refractivity contribution in [3.8, 4) is 0 Å². The second-order valence-electron chi connectivity index (χ2n) is 5.02. The molecule has 0 amide bonds. The van der Waals surface area contributed by atoms with E-state index in [1.807, 2.05) is 6.92 Å². The topological polar surface area (TPSA) is 69.6 Å². The Bertz CT molecular complexity index is 332. The Morgan fingerprint density at radius 3 is 2.56 bits per heavy atom. The molecule has 1 aliphatic carbocycles. The molecule has 5 nitrogen and oxygen atoms in total. The van der Waals surface area contributed by atoms with Crippen LogP contribution in [0.4, 0.5) is 0 Å². The van der Waals surface area contributed by atoms with Gasteiger partial charge in [0.25, 0.3) is 0 Å². The van der Waals surface area contributed by atoms with Crippen molar-refractivity contribution in [2.24, 2.45) is 0 Å². The molecule has 18 heavy (non-hydrogen) atoms. The molecule has 108 valence electrons. The fourth-order valence-corrected chi connectivity index (χ4v) is 3.38. The zero-order chi connectivity index (χ0) is 13.6. The van der Waals surface area contributed by atoms with Crippen molar-refractivity contribution < 1.29 is 13.5 Å². The van der Waals surface area contributed by atoms with Crippen LogP contribution in [0, 0.1) is 0 Å². The van der Waals surface area contributed by atoms with Crippen molar-refractivity contribution in [2.75, 3.05) is 25.9 Å². The van der Waals surface area contributed by atoms with Gasteiger partial charge in [0, 0.05) is 19.1 Å². The van der Waals surface area contributed by atoms with E-state index in [0.29, 0.717) is 13.1 Å². The second kappa shape index (κ2) is 7.43. The maximum absolute atomic E-state index is 11.4. The summed E-state index contributed by atoms with van der Waals surface area (Å²) in [4.78, 5) is 0. The molecular weight excluding hydrogens is 252 g/mol. The average molecular weight is 278 g/mol.